The average molecular weight is 263 g/mol. The number of hydrogen-bond donors (Lipinski definition) is 1. The van der Waals surface area contributed by atoms with Gasteiger partial charge in [0.15, 0.2) is 0 Å². The molecule has 1 fully saturated rings. The molecule has 0 atom stereocenters. The van der Waals surface area contributed by atoms with E-state index in [4.69, 9.17) is 5.11 Å². The predicted octanol–water partition coefficient (Wildman–Crippen LogP) is 1.70. The molecule has 1 aliphatic carbocycles. The fraction of sp³-hybridized carbons (Fsp3) is 0.571. The summed E-state index contributed by atoms with van der Waals surface area (Å²) in [7, 11) is 6.28. The summed E-state index contributed by atoms with van der Waals surface area (Å²) in [5.41, 5.74) is 1.29. The maximum Gasteiger partial charge on any atom is 0.354 e. The van der Waals surface area contributed by atoms with E-state index >= 15 is 0 Å². The van der Waals surface area contributed by atoms with Gasteiger partial charge in [0, 0.05) is 19.1 Å². The van der Waals surface area contributed by atoms with Crippen LogP contribution in [0.5, 0.6) is 0 Å². The van der Waals surface area contributed by atoms with Crippen LogP contribution in [0.1, 0.15) is 29.8 Å². The summed E-state index contributed by atoms with van der Waals surface area (Å²) < 4.78 is 0. The van der Waals surface area contributed by atoms with E-state index in [0.29, 0.717) is 0 Å². The Labute approximate surface area is 113 Å². The number of likely N-dealkylation sites (N-methyl/N-ethyl adjacent to an activating group) is 2. The lowest BCUT2D eigenvalue weighted by Gasteiger charge is -2.49. The zero-order valence-electron chi connectivity index (χ0n) is 11.8. The number of hydrogen-bond acceptors (Lipinski definition) is 4. The molecule has 1 N–H and O–H groups in total. The van der Waals surface area contributed by atoms with Crippen LogP contribution in [-0.4, -0.2) is 54.2 Å². The number of pyridine rings is 1. The molecule has 2 rings (SSSR count). The fourth-order valence-corrected chi connectivity index (χ4v) is 2.60. The molecule has 0 spiro atoms. The molecule has 0 amide bonds. The van der Waals surface area contributed by atoms with Crippen LogP contribution in [0.3, 0.4) is 0 Å². The maximum absolute atomic E-state index is 10.8. The van der Waals surface area contributed by atoms with Gasteiger partial charge < -0.3 is 14.9 Å². The van der Waals surface area contributed by atoms with E-state index in [9.17, 15) is 4.79 Å². The Morgan fingerprint density at radius 1 is 1.37 bits per heavy atom. The second-order valence-electron chi connectivity index (χ2n) is 5.54. The number of nitrogens with zero attached hydrogens (tertiary/aromatic N) is 3. The molecule has 1 heterocycles. The first-order chi connectivity index (χ1) is 8.94. The van der Waals surface area contributed by atoms with Crippen molar-refractivity contribution in [1.29, 1.82) is 0 Å². The van der Waals surface area contributed by atoms with Crippen molar-refractivity contribution in [3.8, 4) is 0 Å². The van der Waals surface area contributed by atoms with E-state index in [2.05, 4.69) is 28.9 Å². The second kappa shape index (κ2) is 5.17. The minimum atomic E-state index is -0.988. The van der Waals surface area contributed by atoms with Crippen LogP contribution < -0.4 is 4.90 Å². The molecule has 104 valence electrons. The summed E-state index contributed by atoms with van der Waals surface area (Å²) in [6, 6.07) is 3.37. The van der Waals surface area contributed by atoms with Crippen molar-refractivity contribution in [3.63, 3.8) is 0 Å². The van der Waals surface area contributed by atoms with Gasteiger partial charge in [-0.1, -0.05) is 0 Å². The molecule has 0 aromatic carbocycles. The Bertz CT molecular complexity index is 452. The van der Waals surface area contributed by atoms with E-state index in [-0.39, 0.29) is 11.2 Å². The standard InChI is InChI=1S/C14H21N3O2/c1-16(2)14(7-4-8-14)10-17(3)11-5-6-12(13(18)19)15-9-11/h5-6,9H,4,7-8,10H2,1-3H3,(H,18,19). The van der Waals surface area contributed by atoms with Crippen LogP contribution in [0, 0.1) is 0 Å². The van der Waals surface area contributed by atoms with E-state index in [1.54, 1.807) is 12.3 Å². The van der Waals surface area contributed by atoms with Crippen molar-refractivity contribution in [3.05, 3.63) is 24.0 Å². The molecular weight excluding hydrogens is 242 g/mol. The molecule has 0 radical (unpaired) electrons. The van der Waals surface area contributed by atoms with Gasteiger partial charge in [-0.15, -0.1) is 0 Å². The molecule has 0 aliphatic heterocycles. The predicted molar refractivity (Wildman–Crippen MR) is 74.7 cm³/mol. The van der Waals surface area contributed by atoms with Gasteiger partial charge in [0.1, 0.15) is 5.69 Å². The molecule has 0 bridgehead atoms. The number of rotatable bonds is 5. The normalized spacial score (nSPS) is 17.1. The molecule has 0 saturated heterocycles. The van der Waals surface area contributed by atoms with Crippen molar-refractivity contribution in [2.75, 3.05) is 32.6 Å². The quantitative estimate of drug-likeness (QED) is 0.876. The molecular formula is C14H21N3O2. The first kappa shape index (κ1) is 13.8. The Morgan fingerprint density at radius 2 is 2.05 bits per heavy atom. The van der Waals surface area contributed by atoms with Crippen molar-refractivity contribution in [2.45, 2.75) is 24.8 Å². The van der Waals surface area contributed by atoms with Gasteiger partial charge in [0.05, 0.1) is 11.9 Å². The summed E-state index contributed by atoms with van der Waals surface area (Å²) >= 11 is 0. The zero-order chi connectivity index (χ0) is 14.0. The lowest BCUT2D eigenvalue weighted by Crippen LogP contribution is -2.56. The first-order valence-electron chi connectivity index (χ1n) is 6.52. The van der Waals surface area contributed by atoms with Gasteiger partial charge in [-0.2, -0.15) is 0 Å². The van der Waals surface area contributed by atoms with Gasteiger partial charge in [0.2, 0.25) is 0 Å². The fourth-order valence-electron chi connectivity index (χ4n) is 2.60. The van der Waals surface area contributed by atoms with E-state index < -0.39 is 5.97 Å². The molecule has 1 saturated carbocycles. The maximum atomic E-state index is 10.8. The van der Waals surface area contributed by atoms with Crippen LogP contribution in [0.25, 0.3) is 0 Å². The third-order valence-corrected chi connectivity index (χ3v) is 4.17. The SMILES string of the molecule is CN(CC1(N(C)C)CCC1)c1ccc(C(=O)O)nc1. The van der Waals surface area contributed by atoms with Crippen LogP contribution in [0.2, 0.25) is 0 Å². The van der Waals surface area contributed by atoms with Gasteiger partial charge in [-0.05, 0) is 45.5 Å². The molecule has 1 aromatic heterocycles. The number of carboxylic acids is 1. The zero-order valence-corrected chi connectivity index (χ0v) is 11.8. The van der Waals surface area contributed by atoms with Crippen LogP contribution in [0.15, 0.2) is 18.3 Å². The van der Waals surface area contributed by atoms with Gasteiger partial charge in [-0.25, -0.2) is 9.78 Å². The highest BCUT2D eigenvalue weighted by Gasteiger charge is 2.39. The molecule has 5 nitrogen and oxygen atoms in total. The van der Waals surface area contributed by atoms with E-state index in [0.717, 1.165) is 12.2 Å². The Hall–Kier alpha value is -1.62. The summed E-state index contributed by atoms with van der Waals surface area (Å²) in [5, 5.41) is 8.84. The Morgan fingerprint density at radius 3 is 2.42 bits per heavy atom. The lowest BCUT2D eigenvalue weighted by atomic mass is 9.75. The van der Waals surface area contributed by atoms with Crippen molar-refractivity contribution >= 4 is 11.7 Å². The smallest absolute Gasteiger partial charge is 0.354 e. The Balaban J connectivity index is 2.07. The van der Waals surface area contributed by atoms with Crippen molar-refractivity contribution in [1.82, 2.24) is 9.88 Å². The summed E-state index contributed by atoms with van der Waals surface area (Å²) in [5.74, 6) is -0.988. The Kier molecular flexibility index (Phi) is 3.75. The van der Waals surface area contributed by atoms with Crippen LogP contribution in [-0.2, 0) is 0 Å². The number of aromatic nitrogens is 1. The number of aromatic carboxylic acids is 1. The third-order valence-electron chi connectivity index (χ3n) is 4.17. The van der Waals surface area contributed by atoms with Gasteiger partial charge in [-0.3, -0.25) is 0 Å². The number of anilines is 1. The minimum Gasteiger partial charge on any atom is -0.477 e. The highest BCUT2D eigenvalue weighted by molar-refractivity contribution is 5.85. The summed E-state index contributed by atoms with van der Waals surface area (Å²) in [4.78, 5) is 19.2. The largest absolute Gasteiger partial charge is 0.477 e. The lowest BCUT2D eigenvalue weighted by molar-refractivity contribution is 0.0680. The van der Waals surface area contributed by atoms with Crippen molar-refractivity contribution < 1.29 is 9.90 Å². The van der Waals surface area contributed by atoms with Crippen LogP contribution >= 0.6 is 0 Å². The van der Waals surface area contributed by atoms with Crippen LogP contribution in [0.4, 0.5) is 5.69 Å². The third kappa shape index (κ3) is 2.71. The highest BCUT2D eigenvalue weighted by Crippen LogP contribution is 2.37. The van der Waals surface area contributed by atoms with Gasteiger partial charge >= 0.3 is 5.97 Å². The summed E-state index contributed by atoms with van der Waals surface area (Å²) in [6.07, 6.45) is 5.34. The topological polar surface area (TPSA) is 56.7 Å². The van der Waals surface area contributed by atoms with E-state index in [1.165, 1.54) is 19.3 Å². The molecule has 19 heavy (non-hydrogen) atoms. The first-order valence-corrected chi connectivity index (χ1v) is 6.52. The monoisotopic (exact) mass is 263 g/mol. The summed E-state index contributed by atoms with van der Waals surface area (Å²) in [6.45, 7) is 0.939. The van der Waals surface area contributed by atoms with Gasteiger partial charge in [0.25, 0.3) is 0 Å². The average Bonchev–Trinajstić information content (AvgIpc) is 2.33. The molecule has 1 aromatic rings. The number of carboxylic acid groups (broad SMARTS) is 1. The second-order valence-corrected chi connectivity index (χ2v) is 5.54. The highest BCUT2D eigenvalue weighted by atomic mass is 16.4. The van der Waals surface area contributed by atoms with E-state index in [1.807, 2.05) is 13.1 Å². The molecule has 0 unspecified atom stereocenters. The molecule has 5 heteroatoms. The van der Waals surface area contributed by atoms with Crippen molar-refractivity contribution in [2.24, 2.45) is 0 Å². The number of carbonyl (C=O) groups is 1. The minimum absolute atomic E-state index is 0.0862. The molecule has 1 aliphatic rings.